The van der Waals surface area contributed by atoms with E-state index in [1.54, 1.807) is 25.5 Å². The number of amides is 2. The van der Waals surface area contributed by atoms with Crippen LogP contribution in [0.3, 0.4) is 0 Å². The van der Waals surface area contributed by atoms with E-state index in [0.717, 1.165) is 35.3 Å². The van der Waals surface area contributed by atoms with Gasteiger partial charge in [-0.1, -0.05) is 0 Å². The highest BCUT2D eigenvalue weighted by molar-refractivity contribution is 7.16. The molecule has 2 amide bonds. The van der Waals surface area contributed by atoms with Gasteiger partial charge in [0.1, 0.15) is 11.1 Å². The summed E-state index contributed by atoms with van der Waals surface area (Å²) in [7, 11) is 1.70. The molecule has 0 radical (unpaired) electrons. The lowest BCUT2D eigenvalue weighted by atomic mass is 9.88. The zero-order chi connectivity index (χ0) is 20.8. The molecule has 1 aliphatic rings. The number of furan rings is 1. The van der Waals surface area contributed by atoms with Gasteiger partial charge >= 0.3 is 6.09 Å². The minimum Gasteiger partial charge on any atom is -0.472 e. The van der Waals surface area contributed by atoms with Gasteiger partial charge in [-0.2, -0.15) is 5.26 Å². The number of carbonyl (C=O) groups excluding carboxylic acids is 2. The van der Waals surface area contributed by atoms with E-state index in [2.05, 4.69) is 11.4 Å². The van der Waals surface area contributed by atoms with Crippen LogP contribution in [0.5, 0.6) is 0 Å². The Morgan fingerprint density at radius 3 is 3.03 bits per heavy atom. The molecule has 1 unspecified atom stereocenters. The summed E-state index contributed by atoms with van der Waals surface area (Å²) in [5, 5.41) is 13.0. The molecule has 3 rings (SSSR count). The average molecular weight is 413 g/mol. The molecule has 152 valence electrons. The Bertz CT molecular complexity index is 940. The van der Waals surface area contributed by atoms with Crippen molar-refractivity contribution in [1.29, 1.82) is 5.26 Å². The van der Waals surface area contributed by atoms with Gasteiger partial charge in [-0.05, 0) is 49.8 Å². The Hall–Kier alpha value is -3.05. The van der Waals surface area contributed by atoms with Gasteiger partial charge in [0.25, 0.3) is 0 Å². The van der Waals surface area contributed by atoms with Crippen LogP contribution in [0.15, 0.2) is 29.1 Å². The number of hydrogen-bond acceptors (Lipinski definition) is 6. The zero-order valence-corrected chi connectivity index (χ0v) is 17.3. The van der Waals surface area contributed by atoms with Gasteiger partial charge in [-0.15, -0.1) is 11.3 Å². The first-order valence-electron chi connectivity index (χ1n) is 9.45. The van der Waals surface area contributed by atoms with Crippen molar-refractivity contribution >= 4 is 34.4 Å². The molecule has 1 aliphatic carbocycles. The second-order valence-electron chi connectivity index (χ2n) is 6.90. The van der Waals surface area contributed by atoms with Crippen LogP contribution in [-0.4, -0.2) is 37.1 Å². The summed E-state index contributed by atoms with van der Waals surface area (Å²) < 4.78 is 10.3. The van der Waals surface area contributed by atoms with Crippen LogP contribution in [0, 0.1) is 17.2 Å². The van der Waals surface area contributed by atoms with Crippen molar-refractivity contribution in [3.05, 3.63) is 46.2 Å². The molecule has 2 aromatic heterocycles. The molecule has 0 bridgehead atoms. The van der Waals surface area contributed by atoms with Gasteiger partial charge in [0.15, 0.2) is 0 Å². The lowest BCUT2D eigenvalue weighted by molar-refractivity contribution is -0.111. The Morgan fingerprint density at radius 2 is 2.34 bits per heavy atom. The average Bonchev–Trinajstić information content (AvgIpc) is 3.36. The minimum atomic E-state index is -0.320. The van der Waals surface area contributed by atoms with Gasteiger partial charge < -0.3 is 19.4 Å². The van der Waals surface area contributed by atoms with Crippen LogP contribution in [0.4, 0.5) is 9.80 Å². The zero-order valence-electron chi connectivity index (χ0n) is 16.4. The standard InChI is InChI=1S/C21H23N3O4S/c1-3-24(2)21(26)28-13-15-4-6-16-17(11-22)20(29-18(16)10-15)23-19(25)7-5-14-8-9-27-12-14/h5,7-9,12,15H,3-4,6,10,13H2,1-2H3,(H,23,25). The van der Waals surface area contributed by atoms with Gasteiger partial charge in [0, 0.05) is 30.1 Å². The molecule has 0 spiro atoms. The number of nitriles is 1. The summed E-state index contributed by atoms with van der Waals surface area (Å²) in [6.45, 7) is 2.85. The first-order chi connectivity index (χ1) is 14.0. The van der Waals surface area contributed by atoms with Gasteiger partial charge in [-0.25, -0.2) is 4.79 Å². The molecule has 0 fully saturated rings. The third-order valence-electron chi connectivity index (χ3n) is 4.91. The number of ether oxygens (including phenoxy) is 1. The monoisotopic (exact) mass is 413 g/mol. The normalized spacial score (nSPS) is 15.6. The number of nitrogens with zero attached hydrogens (tertiary/aromatic N) is 2. The smallest absolute Gasteiger partial charge is 0.409 e. The van der Waals surface area contributed by atoms with E-state index in [0.29, 0.717) is 23.7 Å². The van der Waals surface area contributed by atoms with Crippen molar-refractivity contribution < 1.29 is 18.7 Å². The quantitative estimate of drug-likeness (QED) is 0.721. The molecule has 0 aromatic carbocycles. The largest absolute Gasteiger partial charge is 0.472 e. The lowest BCUT2D eigenvalue weighted by Crippen LogP contribution is -2.29. The molecule has 2 heterocycles. The molecular weight excluding hydrogens is 390 g/mol. The van der Waals surface area contributed by atoms with E-state index < -0.39 is 0 Å². The third kappa shape index (κ3) is 5.06. The second kappa shape index (κ2) is 9.43. The highest BCUT2D eigenvalue weighted by Gasteiger charge is 2.27. The summed E-state index contributed by atoms with van der Waals surface area (Å²) in [5.41, 5.74) is 2.33. The molecule has 0 saturated heterocycles. The number of thiophene rings is 1. The fourth-order valence-corrected chi connectivity index (χ4v) is 4.44. The highest BCUT2D eigenvalue weighted by Crippen LogP contribution is 2.39. The minimum absolute atomic E-state index is 0.214. The molecule has 2 aromatic rings. The topological polar surface area (TPSA) is 95.6 Å². The van der Waals surface area contributed by atoms with Crippen molar-refractivity contribution in [3.63, 3.8) is 0 Å². The van der Waals surface area contributed by atoms with Gasteiger partial charge in [0.2, 0.25) is 5.91 Å². The molecule has 1 N–H and O–H groups in total. The van der Waals surface area contributed by atoms with Gasteiger partial charge in [-0.3, -0.25) is 4.79 Å². The fraction of sp³-hybridized carbons (Fsp3) is 0.381. The maximum atomic E-state index is 12.2. The van der Waals surface area contributed by atoms with E-state index >= 15 is 0 Å². The van der Waals surface area contributed by atoms with Crippen LogP contribution in [0.2, 0.25) is 0 Å². The summed E-state index contributed by atoms with van der Waals surface area (Å²) in [6, 6.07) is 3.98. The van der Waals surface area contributed by atoms with Crippen LogP contribution in [-0.2, 0) is 22.4 Å². The van der Waals surface area contributed by atoms with E-state index in [1.807, 2.05) is 6.92 Å². The summed E-state index contributed by atoms with van der Waals surface area (Å²) in [6.07, 6.45) is 8.13. The van der Waals surface area contributed by atoms with E-state index in [9.17, 15) is 14.9 Å². The Balaban J connectivity index is 1.64. The van der Waals surface area contributed by atoms with Crippen LogP contribution >= 0.6 is 11.3 Å². The number of rotatable bonds is 6. The second-order valence-corrected chi connectivity index (χ2v) is 8.00. The van der Waals surface area contributed by atoms with Gasteiger partial charge in [0.05, 0.1) is 24.7 Å². The Labute approximate surface area is 173 Å². The number of carbonyl (C=O) groups is 2. The summed E-state index contributed by atoms with van der Waals surface area (Å²) in [4.78, 5) is 26.7. The van der Waals surface area contributed by atoms with Crippen molar-refractivity contribution in [2.24, 2.45) is 5.92 Å². The Kier molecular flexibility index (Phi) is 6.73. The Morgan fingerprint density at radius 1 is 1.52 bits per heavy atom. The number of anilines is 1. The number of hydrogen-bond donors (Lipinski definition) is 1. The summed E-state index contributed by atoms with van der Waals surface area (Å²) in [5.74, 6) is -0.0826. The van der Waals surface area contributed by atoms with Crippen LogP contribution < -0.4 is 5.32 Å². The van der Waals surface area contributed by atoms with Crippen molar-refractivity contribution in [2.75, 3.05) is 25.5 Å². The first kappa shape index (κ1) is 20.7. The molecular formula is C21H23N3O4S. The van der Waals surface area contributed by atoms with Crippen LogP contribution in [0.1, 0.15) is 34.9 Å². The molecule has 29 heavy (non-hydrogen) atoms. The predicted molar refractivity (Wildman–Crippen MR) is 111 cm³/mol. The van der Waals surface area contributed by atoms with E-state index in [-0.39, 0.29) is 17.9 Å². The maximum Gasteiger partial charge on any atom is 0.409 e. The predicted octanol–water partition coefficient (Wildman–Crippen LogP) is 4.06. The van der Waals surface area contributed by atoms with E-state index in [4.69, 9.17) is 9.15 Å². The van der Waals surface area contributed by atoms with Crippen molar-refractivity contribution in [3.8, 4) is 6.07 Å². The van der Waals surface area contributed by atoms with Crippen molar-refractivity contribution in [2.45, 2.75) is 26.2 Å². The van der Waals surface area contributed by atoms with Crippen molar-refractivity contribution in [1.82, 2.24) is 4.90 Å². The highest BCUT2D eigenvalue weighted by atomic mass is 32.1. The maximum absolute atomic E-state index is 12.2. The fourth-order valence-electron chi connectivity index (χ4n) is 3.13. The molecule has 8 heteroatoms. The molecule has 7 nitrogen and oxygen atoms in total. The lowest BCUT2D eigenvalue weighted by Gasteiger charge is -2.23. The molecule has 0 aliphatic heterocycles. The number of nitrogens with one attached hydrogen (secondary N) is 1. The number of fused-ring (bicyclic) bond motifs is 1. The molecule has 1 atom stereocenters. The first-order valence-corrected chi connectivity index (χ1v) is 10.3. The SMILES string of the molecule is CCN(C)C(=O)OCC1CCc2c(sc(NC(=O)C=Cc3ccoc3)c2C#N)C1. The molecule has 0 saturated carbocycles. The van der Waals surface area contributed by atoms with E-state index in [1.165, 1.54) is 28.6 Å². The summed E-state index contributed by atoms with van der Waals surface area (Å²) >= 11 is 1.43. The third-order valence-corrected chi connectivity index (χ3v) is 6.08. The van der Waals surface area contributed by atoms with Crippen LogP contribution in [0.25, 0.3) is 6.08 Å².